The first-order valence-electron chi connectivity index (χ1n) is 14.8. The number of aromatic nitrogens is 2. The summed E-state index contributed by atoms with van der Waals surface area (Å²) in [6.45, 7) is 11.1. The van der Waals surface area contributed by atoms with Gasteiger partial charge in [0.2, 0.25) is 0 Å². The molecule has 10 heteroatoms. The molecular formula is C34H40F2N4O3Si. The molecular weight excluding hydrogens is 578 g/mol. The van der Waals surface area contributed by atoms with Crippen molar-refractivity contribution in [2.75, 3.05) is 18.0 Å². The van der Waals surface area contributed by atoms with E-state index in [4.69, 9.17) is 9.16 Å². The van der Waals surface area contributed by atoms with Crippen molar-refractivity contribution >= 4 is 30.1 Å². The van der Waals surface area contributed by atoms with Crippen molar-refractivity contribution in [1.29, 1.82) is 0 Å². The number of nitrogens with zero attached hydrogens (tertiary/aromatic N) is 4. The van der Waals surface area contributed by atoms with E-state index in [9.17, 15) is 5.21 Å². The zero-order valence-corrected chi connectivity index (χ0v) is 27.1. The fourth-order valence-corrected chi connectivity index (χ4v) is 10.9. The minimum atomic E-state index is -3.03. The highest BCUT2D eigenvalue weighted by Gasteiger charge is 2.50. The van der Waals surface area contributed by atoms with Gasteiger partial charge in [-0.25, -0.2) is 13.8 Å². The minimum absolute atomic E-state index is 0.00609. The highest BCUT2D eigenvalue weighted by molar-refractivity contribution is 6.99. The molecule has 2 atom stereocenters. The van der Waals surface area contributed by atoms with E-state index in [-0.39, 0.29) is 46.5 Å². The molecule has 0 saturated carbocycles. The third kappa shape index (κ3) is 5.94. The van der Waals surface area contributed by atoms with Gasteiger partial charge in [-0.15, -0.1) is 0 Å². The first-order chi connectivity index (χ1) is 21.0. The largest absolute Gasteiger partial charge is 0.410 e. The Morgan fingerprint density at radius 3 is 2.05 bits per heavy atom. The quantitative estimate of drug-likeness (QED) is 0.120. The molecule has 1 fully saturated rings. The average Bonchev–Trinajstić information content (AvgIpc) is 3.41. The summed E-state index contributed by atoms with van der Waals surface area (Å²) in [5.41, 5.74) is 0.440. The number of hydrogen-bond acceptors (Lipinski definition) is 6. The summed E-state index contributed by atoms with van der Waals surface area (Å²) in [5, 5.41) is 15.2. The van der Waals surface area contributed by atoms with Gasteiger partial charge >= 0.3 is 0 Å². The van der Waals surface area contributed by atoms with Gasteiger partial charge in [-0.05, 0) is 35.3 Å². The van der Waals surface area contributed by atoms with Crippen LogP contribution in [-0.4, -0.2) is 54.1 Å². The monoisotopic (exact) mass is 618 g/mol. The first kappa shape index (κ1) is 31.6. The molecule has 0 unspecified atom stereocenters. The lowest BCUT2D eigenvalue weighted by Gasteiger charge is -2.43. The van der Waals surface area contributed by atoms with Gasteiger partial charge in [-0.1, -0.05) is 86.6 Å². The smallest absolute Gasteiger partial charge is 0.261 e. The third-order valence-electron chi connectivity index (χ3n) is 8.16. The van der Waals surface area contributed by atoms with E-state index < -0.39 is 20.0 Å². The van der Waals surface area contributed by atoms with Crippen LogP contribution in [-0.2, 0) is 22.8 Å². The molecule has 5 rings (SSSR count). The van der Waals surface area contributed by atoms with E-state index in [2.05, 4.69) is 55.2 Å². The maximum atomic E-state index is 16.4. The second-order valence-corrected chi connectivity index (χ2v) is 16.9. The van der Waals surface area contributed by atoms with Crippen LogP contribution in [0.2, 0.25) is 5.04 Å². The molecule has 1 aliphatic rings. The number of imidazole rings is 1. The Bertz CT molecular complexity index is 1570. The summed E-state index contributed by atoms with van der Waals surface area (Å²) in [6.07, 6.45) is 2.72. The van der Waals surface area contributed by atoms with Crippen LogP contribution in [0.3, 0.4) is 0 Å². The van der Waals surface area contributed by atoms with Gasteiger partial charge < -0.3 is 23.8 Å². The van der Waals surface area contributed by atoms with Gasteiger partial charge in [0.1, 0.15) is 11.4 Å². The summed E-state index contributed by atoms with van der Waals surface area (Å²) >= 11 is 0. The van der Waals surface area contributed by atoms with Crippen LogP contribution in [0.15, 0.2) is 84.4 Å². The highest BCUT2D eigenvalue weighted by Crippen LogP contribution is 2.39. The molecule has 1 aromatic heterocycles. The normalized spacial score (nSPS) is 18.1. The number of rotatable bonds is 8. The van der Waals surface area contributed by atoms with Gasteiger partial charge in [0.05, 0.1) is 30.8 Å². The molecule has 232 valence electrons. The fraction of sp³-hybridized carbons (Fsp3) is 0.353. The Hall–Kier alpha value is -3.86. The van der Waals surface area contributed by atoms with E-state index in [1.807, 2.05) is 55.1 Å². The molecule has 1 N–H and O–H groups in total. The number of ether oxygens (including phenoxy) is 1. The number of morpholine rings is 1. The lowest BCUT2D eigenvalue weighted by molar-refractivity contribution is -0.00553. The molecule has 1 aliphatic heterocycles. The molecule has 3 aromatic carbocycles. The Kier molecular flexibility index (Phi) is 9.06. The highest BCUT2D eigenvalue weighted by atomic mass is 28.4. The number of hydrogen-bond donors (Lipinski definition) is 1. The van der Waals surface area contributed by atoms with Crippen molar-refractivity contribution in [3.63, 3.8) is 0 Å². The van der Waals surface area contributed by atoms with Crippen molar-refractivity contribution in [3.8, 4) is 0 Å². The molecule has 0 aliphatic carbocycles. The molecule has 0 spiro atoms. The molecule has 7 nitrogen and oxygen atoms in total. The van der Waals surface area contributed by atoms with Crippen LogP contribution in [0.25, 0.3) is 0 Å². The first-order valence-corrected chi connectivity index (χ1v) is 16.7. The number of halogens is 2. The molecule has 1 saturated heterocycles. The predicted molar refractivity (Wildman–Crippen MR) is 172 cm³/mol. The number of benzene rings is 3. The van der Waals surface area contributed by atoms with Gasteiger partial charge in [0.25, 0.3) is 8.32 Å². The summed E-state index contributed by atoms with van der Waals surface area (Å²) in [5.74, 6) is -2.14. The Balaban J connectivity index is 1.70. The Morgan fingerprint density at radius 1 is 1.00 bits per heavy atom. The number of aryl methyl sites for hydroxylation is 1. The van der Waals surface area contributed by atoms with Crippen LogP contribution in [0, 0.1) is 11.6 Å². The lowest BCUT2D eigenvalue weighted by atomic mass is 10.0. The van der Waals surface area contributed by atoms with E-state index in [1.54, 1.807) is 23.9 Å². The van der Waals surface area contributed by atoms with Crippen molar-refractivity contribution in [1.82, 2.24) is 9.55 Å². The van der Waals surface area contributed by atoms with E-state index in [0.29, 0.717) is 18.7 Å². The SMILES string of the molecule is C[C@@H]1CN(c2c(CO[Si](c3ccccc3)(c3ccccc3)C(C)(C)C)cc(C(=NO)c3cn(C)cn3)c(F)c2F)C[C@H](C)O1. The third-order valence-corrected chi connectivity index (χ3v) is 13.1. The van der Waals surface area contributed by atoms with Crippen LogP contribution < -0.4 is 15.3 Å². The second-order valence-electron chi connectivity index (χ2n) is 12.5. The van der Waals surface area contributed by atoms with E-state index in [1.165, 1.54) is 6.33 Å². The molecule has 0 bridgehead atoms. The summed E-state index contributed by atoms with van der Waals surface area (Å²) in [6, 6.07) is 21.9. The summed E-state index contributed by atoms with van der Waals surface area (Å²) in [7, 11) is -1.29. The van der Waals surface area contributed by atoms with Crippen LogP contribution in [0.4, 0.5) is 14.5 Å². The van der Waals surface area contributed by atoms with Crippen LogP contribution >= 0.6 is 0 Å². The van der Waals surface area contributed by atoms with Gasteiger partial charge in [0.15, 0.2) is 11.6 Å². The zero-order chi connectivity index (χ0) is 31.6. The maximum Gasteiger partial charge on any atom is 0.261 e. The topological polar surface area (TPSA) is 72.1 Å². The van der Waals surface area contributed by atoms with E-state index >= 15 is 8.78 Å². The van der Waals surface area contributed by atoms with Gasteiger partial charge in [0, 0.05) is 37.5 Å². The zero-order valence-electron chi connectivity index (χ0n) is 26.1. The molecule has 0 amide bonds. The van der Waals surface area contributed by atoms with Crippen LogP contribution in [0.1, 0.15) is 51.4 Å². The fourth-order valence-electron chi connectivity index (χ4n) is 6.38. The van der Waals surface area contributed by atoms with Gasteiger partial charge in [-0.3, -0.25) is 0 Å². The summed E-state index contributed by atoms with van der Waals surface area (Å²) < 4.78 is 47.2. The van der Waals surface area contributed by atoms with Crippen molar-refractivity contribution in [3.05, 3.63) is 108 Å². The molecule has 0 radical (unpaired) electrons. The van der Waals surface area contributed by atoms with Crippen molar-refractivity contribution < 1.29 is 23.2 Å². The number of oxime groups is 1. The molecule has 2 heterocycles. The number of anilines is 1. The van der Waals surface area contributed by atoms with E-state index in [0.717, 1.165) is 10.4 Å². The standard InChI is InChI=1S/C34H40F2N4O3Si/c1-23-18-40(19-24(2)43-23)33-25(17-28(30(35)31(33)36)32(38-41)29-20-39(6)22-37-29)21-42-44(34(3,4)5,26-13-9-7-10-14-26)27-15-11-8-12-16-27/h7-17,20,22-24,41H,18-19,21H2,1-6H3/t23-,24+. The molecule has 4 aromatic rings. The Morgan fingerprint density at radius 2 is 1.57 bits per heavy atom. The van der Waals surface area contributed by atoms with Gasteiger partial charge in [-0.2, -0.15) is 0 Å². The predicted octanol–water partition coefficient (Wildman–Crippen LogP) is 5.62. The van der Waals surface area contributed by atoms with Crippen LogP contribution in [0.5, 0.6) is 0 Å². The average molecular weight is 619 g/mol. The second kappa shape index (κ2) is 12.6. The lowest BCUT2D eigenvalue weighted by Crippen LogP contribution is -2.66. The summed E-state index contributed by atoms with van der Waals surface area (Å²) in [4.78, 5) is 6.06. The minimum Gasteiger partial charge on any atom is -0.410 e. The maximum absolute atomic E-state index is 16.4. The van der Waals surface area contributed by atoms with Crippen molar-refractivity contribution in [2.24, 2.45) is 12.2 Å². The van der Waals surface area contributed by atoms with Crippen molar-refractivity contribution in [2.45, 2.75) is 58.5 Å². The Labute approximate surface area is 258 Å². The molecule has 44 heavy (non-hydrogen) atoms.